The van der Waals surface area contributed by atoms with Crippen LogP contribution in [0.25, 0.3) is 0 Å². The molecule has 12 N–H and O–H groups in total. The first-order chi connectivity index (χ1) is 47.8. The van der Waals surface area contributed by atoms with E-state index in [1.165, 1.54) is 135 Å². The monoisotopic (exact) mass is 1390 g/mol. The predicted molar refractivity (Wildman–Crippen MR) is 387 cm³/mol. The molecule has 3 heterocycles. The first-order valence-electron chi connectivity index (χ1n) is 38.1. The van der Waals surface area contributed by atoms with Gasteiger partial charge in [-0.1, -0.05) is 264 Å². The van der Waals surface area contributed by atoms with E-state index in [0.29, 0.717) is 12.8 Å². The molecule has 3 fully saturated rings. The highest BCUT2D eigenvalue weighted by Crippen LogP contribution is 2.33. The number of unbranched alkanes of at least 4 members (excludes halogenated alkanes) is 26. The van der Waals surface area contributed by atoms with E-state index in [0.717, 1.165) is 83.5 Å². The molecule has 564 valence electrons. The van der Waals surface area contributed by atoms with E-state index in [1.807, 2.05) is 6.08 Å². The van der Waals surface area contributed by atoms with Crippen LogP contribution < -0.4 is 5.32 Å². The number of allylic oxidation sites excluding steroid dienone is 17. The molecule has 17 atom stereocenters. The Hall–Kier alpha value is -3.55. The Morgan fingerprint density at radius 2 is 0.714 bits per heavy atom. The van der Waals surface area contributed by atoms with Crippen molar-refractivity contribution in [3.05, 3.63) is 109 Å². The number of rotatable bonds is 58. The van der Waals surface area contributed by atoms with E-state index in [9.17, 15) is 61.0 Å². The third kappa shape index (κ3) is 39.2. The molecule has 3 rings (SSSR count). The normalized spacial score (nSPS) is 27.4. The molecule has 0 aliphatic carbocycles. The average molecular weight is 1390 g/mol. The van der Waals surface area contributed by atoms with Gasteiger partial charge in [0, 0.05) is 6.42 Å². The number of aliphatic hydroxyl groups excluding tert-OH is 11. The minimum Gasteiger partial charge on any atom is -0.394 e. The number of hydrogen-bond donors (Lipinski definition) is 12. The predicted octanol–water partition coefficient (Wildman–Crippen LogP) is 11.8. The molecule has 19 nitrogen and oxygen atoms in total. The van der Waals surface area contributed by atoms with E-state index in [1.54, 1.807) is 6.08 Å². The van der Waals surface area contributed by atoms with Crippen molar-refractivity contribution < 1.29 is 89.4 Å². The van der Waals surface area contributed by atoms with E-state index in [-0.39, 0.29) is 18.9 Å². The van der Waals surface area contributed by atoms with Crippen molar-refractivity contribution in [2.24, 2.45) is 0 Å². The topological polar surface area (TPSA) is 307 Å². The zero-order valence-corrected chi connectivity index (χ0v) is 60.0. The molecule has 0 spiro atoms. The summed E-state index contributed by atoms with van der Waals surface area (Å²) in [4.78, 5) is 13.4. The standard InChI is InChI=1S/C79H135NO18/c1-3-5-7-9-11-13-15-17-18-19-20-21-22-23-24-25-26-27-28-29-30-31-32-33-34-35-36-37-38-39-40-41-42-43-44-45-47-49-51-53-55-57-67(85)80-62(63(84)56-54-52-50-48-46-16-14-12-10-8-6-4-2)61-93-77-73(91)70(88)75(65(59-82)95-77)98-79-74(92)71(89)76(66(60-83)96-79)97-78-72(90)69(87)68(86)64(58-81)94-78/h5,7,11,13,17-18,20-21,23-24,26-27,29-30,46,48,54,56,62-66,68-79,81-84,86-92H,3-4,6,8-10,12,14-16,19,22,25,28,31-45,47,49-53,55,57-61H2,1-2H3,(H,80,85)/b7-5-,13-11-,18-17-,21-20-,24-23-,27-26-,30-29-,48-46+,56-54+. The summed E-state index contributed by atoms with van der Waals surface area (Å²) in [6.45, 7) is 1.57. The van der Waals surface area contributed by atoms with Gasteiger partial charge in [0.25, 0.3) is 0 Å². The van der Waals surface area contributed by atoms with Gasteiger partial charge in [0.1, 0.15) is 73.2 Å². The van der Waals surface area contributed by atoms with Crippen molar-refractivity contribution in [2.75, 3.05) is 26.4 Å². The molecule has 19 heteroatoms. The molecular weight excluding hydrogens is 1250 g/mol. The van der Waals surface area contributed by atoms with Gasteiger partial charge in [-0.05, 0) is 89.9 Å². The van der Waals surface area contributed by atoms with Gasteiger partial charge < -0.3 is 89.9 Å². The summed E-state index contributed by atoms with van der Waals surface area (Å²) >= 11 is 0. The van der Waals surface area contributed by atoms with Crippen LogP contribution in [0.3, 0.4) is 0 Å². The maximum atomic E-state index is 13.4. The summed E-state index contributed by atoms with van der Waals surface area (Å²) in [5.41, 5.74) is 0. The Labute approximate surface area is 589 Å². The molecular formula is C79H135NO18. The van der Waals surface area contributed by atoms with E-state index < -0.39 is 124 Å². The van der Waals surface area contributed by atoms with Crippen LogP contribution in [-0.4, -0.2) is 193 Å². The molecule has 3 saturated heterocycles. The molecule has 0 saturated carbocycles. The van der Waals surface area contributed by atoms with Gasteiger partial charge in [0.2, 0.25) is 5.91 Å². The molecule has 0 aromatic rings. The summed E-state index contributed by atoms with van der Waals surface area (Å²) in [5.74, 6) is -0.287. The minimum absolute atomic E-state index is 0.233. The molecule has 17 unspecified atom stereocenters. The molecule has 0 radical (unpaired) electrons. The van der Waals surface area contributed by atoms with Gasteiger partial charge in [-0.15, -0.1) is 0 Å². The number of nitrogens with one attached hydrogen (secondary N) is 1. The summed E-state index contributed by atoms with van der Waals surface area (Å²) in [7, 11) is 0. The Morgan fingerprint density at radius 3 is 1.14 bits per heavy atom. The van der Waals surface area contributed by atoms with Crippen molar-refractivity contribution in [3.63, 3.8) is 0 Å². The summed E-state index contributed by atoms with van der Waals surface area (Å²) in [5, 5.41) is 120. The summed E-state index contributed by atoms with van der Waals surface area (Å²) < 4.78 is 34.3. The van der Waals surface area contributed by atoms with Gasteiger partial charge in [0.15, 0.2) is 18.9 Å². The fraction of sp³-hybridized carbons (Fsp3) is 0.759. The molecule has 3 aliphatic rings. The largest absolute Gasteiger partial charge is 0.394 e. The smallest absolute Gasteiger partial charge is 0.220 e. The van der Waals surface area contributed by atoms with Crippen LogP contribution in [0, 0.1) is 0 Å². The van der Waals surface area contributed by atoms with Crippen LogP contribution in [0.4, 0.5) is 0 Å². The fourth-order valence-corrected chi connectivity index (χ4v) is 12.2. The van der Waals surface area contributed by atoms with E-state index in [2.05, 4.69) is 116 Å². The first kappa shape index (κ1) is 88.7. The van der Waals surface area contributed by atoms with Crippen molar-refractivity contribution in [2.45, 2.75) is 356 Å². The second-order valence-corrected chi connectivity index (χ2v) is 26.7. The first-order valence-corrected chi connectivity index (χ1v) is 38.1. The lowest BCUT2D eigenvalue weighted by atomic mass is 9.96. The SMILES string of the molecule is CC/C=C\C/C=C\C/C=C\C/C=C\C/C=C\C/C=C\C/C=C\CCCCCCCCCCCCCCCCCCCCCC(=O)NC(COC1OC(CO)C(OC2OC(CO)C(OC3OC(CO)C(O)C(O)C3O)C(O)C2O)C(O)C1O)C(O)/C=C/CC/C=C/CCCCCCCC. The molecule has 0 aromatic heterocycles. The average Bonchev–Trinajstić information content (AvgIpc) is 0.785. The van der Waals surface area contributed by atoms with Gasteiger partial charge in [-0.3, -0.25) is 4.79 Å². The third-order valence-corrected chi connectivity index (χ3v) is 18.3. The van der Waals surface area contributed by atoms with Crippen LogP contribution in [-0.2, 0) is 33.2 Å². The van der Waals surface area contributed by atoms with Gasteiger partial charge in [-0.25, -0.2) is 0 Å². The second kappa shape index (κ2) is 58.9. The molecule has 98 heavy (non-hydrogen) atoms. The van der Waals surface area contributed by atoms with E-state index in [4.69, 9.17) is 28.4 Å². The number of aliphatic hydroxyl groups is 11. The van der Waals surface area contributed by atoms with Gasteiger partial charge >= 0.3 is 0 Å². The summed E-state index contributed by atoms with van der Waals surface area (Å²) in [6, 6.07) is -0.993. The van der Waals surface area contributed by atoms with E-state index >= 15 is 0 Å². The van der Waals surface area contributed by atoms with Crippen LogP contribution >= 0.6 is 0 Å². The number of carbonyl (C=O) groups excluding carboxylic acids is 1. The van der Waals surface area contributed by atoms with Gasteiger partial charge in [0.05, 0.1) is 38.6 Å². The molecule has 0 aromatic carbocycles. The highest BCUT2D eigenvalue weighted by Gasteiger charge is 2.53. The van der Waals surface area contributed by atoms with Crippen LogP contribution in [0.15, 0.2) is 109 Å². The Morgan fingerprint density at radius 1 is 0.378 bits per heavy atom. The molecule has 0 bridgehead atoms. The Bertz CT molecular complexity index is 2200. The lowest BCUT2D eigenvalue weighted by molar-refractivity contribution is -0.379. The van der Waals surface area contributed by atoms with Crippen LogP contribution in [0.2, 0.25) is 0 Å². The van der Waals surface area contributed by atoms with Gasteiger partial charge in [-0.2, -0.15) is 0 Å². The number of amides is 1. The maximum absolute atomic E-state index is 13.4. The summed E-state index contributed by atoms with van der Waals surface area (Å²) in [6.07, 6.45) is 53.9. The van der Waals surface area contributed by atoms with Crippen molar-refractivity contribution in [1.29, 1.82) is 0 Å². The molecule has 3 aliphatic heterocycles. The third-order valence-electron chi connectivity index (χ3n) is 18.3. The van der Waals surface area contributed by atoms with Crippen LogP contribution in [0.5, 0.6) is 0 Å². The zero-order valence-electron chi connectivity index (χ0n) is 60.0. The second-order valence-electron chi connectivity index (χ2n) is 26.7. The van der Waals surface area contributed by atoms with Crippen molar-refractivity contribution >= 4 is 5.91 Å². The fourth-order valence-electron chi connectivity index (χ4n) is 12.2. The van der Waals surface area contributed by atoms with Crippen molar-refractivity contribution in [3.8, 4) is 0 Å². The molecule has 1 amide bonds. The lowest BCUT2D eigenvalue weighted by Gasteiger charge is -2.48. The number of hydrogen-bond acceptors (Lipinski definition) is 18. The highest BCUT2D eigenvalue weighted by molar-refractivity contribution is 5.76. The Kier molecular flexibility index (Phi) is 53.3. The highest BCUT2D eigenvalue weighted by atomic mass is 16.8. The van der Waals surface area contributed by atoms with Crippen LogP contribution in [0.1, 0.15) is 251 Å². The van der Waals surface area contributed by atoms with Crippen molar-refractivity contribution in [1.82, 2.24) is 5.32 Å². The Balaban J connectivity index is 1.28. The lowest BCUT2D eigenvalue weighted by Crippen LogP contribution is -2.66. The zero-order chi connectivity index (χ0) is 71.1. The minimum atomic E-state index is -1.98. The maximum Gasteiger partial charge on any atom is 0.220 e. The number of carbonyl (C=O) groups is 1. The number of ether oxygens (including phenoxy) is 6. The quantitative estimate of drug-likeness (QED) is 0.0199.